The van der Waals surface area contributed by atoms with Crippen molar-refractivity contribution in [3.05, 3.63) is 29.8 Å². The molecule has 6 heteroatoms. The van der Waals surface area contributed by atoms with Crippen LogP contribution >= 0.6 is 0 Å². The van der Waals surface area contributed by atoms with Crippen LogP contribution in [-0.4, -0.2) is 61.0 Å². The van der Waals surface area contributed by atoms with Gasteiger partial charge in [0.1, 0.15) is 0 Å². The third-order valence-corrected chi connectivity index (χ3v) is 4.25. The molecule has 25 heavy (non-hydrogen) atoms. The van der Waals surface area contributed by atoms with Crippen molar-refractivity contribution < 1.29 is 9.59 Å². The van der Waals surface area contributed by atoms with Crippen LogP contribution in [0.2, 0.25) is 0 Å². The summed E-state index contributed by atoms with van der Waals surface area (Å²) in [5, 5.41) is 5.38. The Morgan fingerprint density at radius 2 is 1.80 bits per heavy atom. The SMILES string of the molecule is CC#CCNC(=O)Nc1ccc(CC(=O)N2CCN(CC)CC2)cc1. The van der Waals surface area contributed by atoms with Crippen molar-refractivity contribution in [3.63, 3.8) is 0 Å². The van der Waals surface area contributed by atoms with Crippen LogP contribution in [0.4, 0.5) is 10.5 Å². The number of amides is 3. The second kappa shape index (κ2) is 9.70. The van der Waals surface area contributed by atoms with Crippen LogP contribution in [0.3, 0.4) is 0 Å². The number of anilines is 1. The van der Waals surface area contributed by atoms with E-state index in [1.165, 1.54) is 0 Å². The molecule has 134 valence electrons. The van der Waals surface area contributed by atoms with E-state index < -0.39 is 0 Å². The van der Waals surface area contributed by atoms with Crippen LogP contribution in [0.15, 0.2) is 24.3 Å². The highest BCUT2D eigenvalue weighted by Crippen LogP contribution is 2.12. The Kier molecular flexibility index (Phi) is 7.30. The van der Waals surface area contributed by atoms with E-state index in [-0.39, 0.29) is 11.9 Å². The quantitative estimate of drug-likeness (QED) is 0.798. The van der Waals surface area contributed by atoms with Crippen molar-refractivity contribution in [2.45, 2.75) is 20.3 Å². The van der Waals surface area contributed by atoms with E-state index in [1.54, 1.807) is 6.92 Å². The van der Waals surface area contributed by atoms with Crippen LogP contribution < -0.4 is 10.6 Å². The molecule has 2 N–H and O–H groups in total. The minimum atomic E-state index is -0.291. The van der Waals surface area contributed by atoms with Gasteiger partial charge in [0.05, 0.1) is 13.0 Å². The van der Waals surface area contributed by atoms with E-state index >= 15 is 0 Å². The number of rotatable bonds is 5. The molecule has 0 spiro atoms. The number of likely N-dealkylation sites (N-methyl/N-ethyl adjacent to an activating group) is 1. The molecule has 0 bridgehead atoms. The van der Waals surface area contributed by atoms with Gasteiger partial charge in [-0.2, -0.15) is 0 Å². The zero-order valence-electron chi connectivity index (χ0n) is 15.0. The Morgan fingerprint density at radius 3 is 2.40 bits per heavy atom. The molecule has 1 aliphatic rings. The van der Waals surface area contributed by atoms with Crippen molar-refractivity contribution in [2.75, 3.05) is 44.6 Å². The molecule has 0 atom stereocenters. The van der Waals surface area contributed by atoms with E-state index in [0.717, 1.165) is 38.3 Å². The number of urea groups is 1. The minimum absolute atomic E-state index is 0.160. The van der Waals surface area contributed by atoms with Gasteiger partial charge in [0.2, 0.25) is 5.91 Å². The molecule has 1 aliphatic heterocycles. The monoisotopic (exact) mass is 342 g/mol. The lowest BCUT2D eigenvalue weighted by Crippen LogP contribution is -2.48. The van der Waals surface area contributed by atoms with Crippen molar-refractivity contribution in [2.24, 2.45) is 0 Å². The molecule has 1 aromatic rings. The standard InChI is InChI=1S/C19H26N4O2/c1-3-5-10-20-19(25)21-17-8-6-16(7-9-17)15-18(24)23-13-11-22(4-2)12-14-23/h6-9H,4,10-15H2,1-2H3,(H2,20,21,25). The van der Waals surface area contributed by atoms with Crippen LogP contribution in [-0.2, 0) is 11.2 Å². The maximum atomic E-state index is 12.4. The number of piperazine rings is 1. The molecular weight excluding hydrogens is 316 g/mol. The molecule has 0 radical (unpaired) electrons. The maximum Gasteiger partial charge on any atom is 0.319 e. The number of nitrogens with zero attached hydrogens (tertiary/aromatic N) is 2. The van der Waals surface area contributed by atoms with Gasteiger partial charge in [0, 0.05) is 31.9 Å². The Hall–Kier alpha value is -2.52. The normalized spacial score (nSPS) is 14.4. The second-order valence-corrected chi connectivity index (χ2v) is 5.92. The molecule has 0 unspecified atom stereocenters. The average Bonchev–Trinajstić information content (AvgIpc) is 2.63. The van der Waals surface area contributed by atoms with Gasteiger partial charge < -0.3 is 20.4 Å². The summed E-state index contributed by atoms with van der Waals surface area (Å²) in [6.45, 7) is 8.72. The number of nitrogens with one attached hydrogen (secondary N) is 2. The summed E-state index contributed by atoms with van der Waals surface area (Å²) < 4.78 is 0. The van der Waals surface area contributed by atoms with Gasteiger partial charge in [0.15, 0.2) is 0 Å². The fourth-order valence-corrected chi connectivity index (χ4v) is 2.69. The third kappa shape index (κ3) is 6.12. The molecule has 1 fully saturated rings. The topological polar surface area (TPSA) is 64.7 Å². The molecule has 1 heterocycles. The van der Waals surface area contributed by atoms with Gasteiger partial charge in [-0.05, 0) is 31.2 Å². The number of hydrogen-bond acceptors (Lipinski definition) is 3. The fourth-order valence-electron chi connectivity index (χ4n) is 2.69. The Morgan fingerprint density at radius 1 is 1.12 bits per heavy atom. The Bertz CT molecular complexity index is 638. The minimum Gasteiger partial charge on any atom is -0.340 e. The first-order valence-electron chi connectivity index (χ1n) is 8.66. The van der Waals surface area contributed by atoms with Crippen molar-refractivity contribution in [1.82, 2.24) is 15.1 Å². The van der Waals surface area contributed by atoms with Crippen molar-refractivity contribution in [1.29, 1.82) is 0 Å². The van der Waals surface area contributed by atoms with Gasteiger partial charge in [0.25, 0.3) is 0 Å². The summed E-state index contributed by atoms with van der Waals surface area (Å²) in [5.41, 5.74) is 1.64. The number of carbonyl (C=O) groups excluding carboxylic acids is 2. The maximum absolute atomic E-state index is 12.4. The van der Waals surface area contributed by atoms with Crippen molar-refractivity contribution >= 4 is 17.6 Å². The molecule has 6 nitrogen and oxygen atoms in total. The molecule has 0 aliphatic carbocycles. The zero-order valence-corrected chi connectivity index (χ0v) is 15.0. The largest absolute Gasteiger partial charge is 0.340 e. The summed E-state index contributed by atoms with van der Waals surface area (Å²) in [5.74, 6) is 5.64. The molecule has 1 aromatic carbocycles. The van der Waals surface area contributed by atoms with E-state index in [1.807, 2.05) is 29.2 Å². The van der Waals surface area contributed by atoms with Crippen LogP contribution in [0.1, 0.15) is 19.4 Å². The number of benzene rings is 1. The summed E-state index contributed by atoms with van der Waals surface area (Å²) >= 11 is 0. The highest BCUT2D eigenvalue weighted by Gasteiger charge is 2.20. The Labute approximate surface area is 149 Å². The van der Waals surface area contributed by atoms with Gasteiger partial charge in [-0.3, -0.25) is 4.79 Å². The zero-order chi connectivity index (χ0) is 18.1. The first-order chi connectivity index (χ1) is 12.1. The molecule has 0 aromatic heterocycles. The van der Waals surface area contributed by atoms with Crippen LogP contribution in [0.5, 0.6) is 0 Å². The van der Waals surface area contributed by atoms with E-state index in [0.29, 0.717) is 18.7 Å². The van der Waals surface area contributed by atoms with Gasteiger partial charge in [-0.15, -0.1) is 5.92 Å². The number of carbonyl (C=O) groups is 2. The molecule has 2 rings (SSSR count). The lowest BCUT2D eigenvalue weighted by Gasteiger charge is -2.34. The summed E-state index contributed by atoms with van der Waals surface area (Å²) in [7, 11) is 0. The van der Waals surface area contributed by atoms with E-state index in [2.05, 4.69) is 34.3 Å². The van der Waals surface area contributed by atoms with Gasteiger partial charge in [-0.1, -0.05) is 25.0 Å². The third-order valence-electron chi connectivity index (χ3n) is 4.25. The van der Waals surface area contributed by atoms with Crippen molar-refractivity contribution in [3.8, 4) is 11.8 Å². The van der Waals surface area contributed by atoms with Crippen LogP contribution in [0.25, 0.3) is 0 Å². The lowest BCUT2D eigenvalue weighted by molar-refractivity contribution is -0.132. The van der Waals surface area contributed by atoms with Gasteiger partial charge in [-0.25, -0.2) is 4.79 Å². The average molecular weight is 342 g/mol. The first kappa shape index (κ1) is 18.8. The summed E-state index contributed by atoms with van der Waals surface area (Å²) in [6.07, 6.45) is 0.394. The molecular formula is C19H26N4O2. The Balaban J connectivity index is 1.80. The molecule has 3 amide bonds. The summed E-state index contributed by atoms with van der Waals surface area (Å²) in [4.78, 5) is 28.3. The number of hydrogen-bond donors (Lipinski definition) is 2. The summed E-state index contributed by atoms with van der Waals surface area (Å²) in [6, 6.07) is 7.08. The lowest BCUT2D eigenvalue weighted by atomic mass is 10.1. The fraction of sp³-hybridized carbons (Fsp3) is 0.474. The highest BCUT2D eigenvalue weighted by atomic mass is 16.2. The highest BCUT2D eigenvalue weighted by molar-refractivity contribution is 5.89. The van der Waals surface area contributed by atoms with Crippen LogP contribution in [0, 0.1) is 11.8 Å². The molecule has 0 saturated carbocycles. The smallest absolute Gasteiger partial charge is 0.319 e. The van der Waals surface area contributed by atoms with Gasteiger partial charge >= 0.3 is 6.03 Å². The first-order valence-corrected chi connectivity index (χ1v) is 8.66. The second-order valence-electron chi connectivity index (χ2n) is 5.92. The molecule has 1 saturated heterocycles. The predicted octanol–water partition coefficient (Wildman–Crippen LogP) is 1.54. The van der Waals surface area contributed by atoms with E-state index in [9.17, 15) is 9.59 Å². The van der Waals surface area contributed by atoms with E-state index in [4.69, 9.17) is 0 Å². The predicted molar refractivity (Wildman–Crippen MR) is 99.3 cm³/mol.